The Morgan fingerprint density at radius 3 is 3.00 bits per heavy atom. The van der Waals surface area contributed by atoms with Crippen LogP contribution in [-0.4, -0.2) is 45.4 Å². The van der Waals surface area contributed by atoms with Crippen LogP contribution >= 0.6 is 11.3 Å². The number of fused-ring (bicyclic) bond motifs is 6. The molecule has 30 heavy (non-hydrogen) atoms. The summed E-state index contributed by atoms with van der Waals surface area (Å²) in [6.07, 6.45) is 5.99. The number of nitrogens with zero attached hydrogens (tertiary/aromatic N) is 3. The number of carbonyl (C=O) groups excluding carboxylic acids is 2. The quantitative estimate of drug-likeness (QED) is 0.599. The lowest BCUT2D eigenvalue weighted by molar-refractivity contribution is -0.140. The van der Waals surface area contributed by atoms with Gasteiger partial charge in [0.2, 0.25) is 0 Å². The first-order valence-electron chi connectivity index (χ1n) is 10.4. The van der Waals surface area contributed by atoms with E-state index in [9.17, 15) is 9.59 Å². The second-order valence-electron chi connectivity index (χ2n) is 7.86. The van der Waals surface area contributed by atoms with Gasteiger partial charge in [0.1, 0.15) is 0 Å². The van der Waals surface area contributed by atoms with Gasteiger partial charge in [-0.3, -0.25) is 14.6 Å². The first kappa shape index (κ1) is 19.3. The molecule has 156 valence electrons. The van der Waals surface area contributed by atoms with Crippen LogP contribution in [0.4, 0.5) is 0 Å². The van der Waals surface area contributed by atoms with Crippen molar-refractivity contribution in [2.75, 3.05) is 13.2 Å². The van der Waals surface area contributed by atoms with Gasteiger partial charge in [0.05, 0.1) is 11.7 Å². The second kappa shape index (κ2) is 8.20. The molecule has 6 bridgehead atoms. The van der Waals surface area contributed by atoms with E-state index in [1.165, 1.54) is 21.7 Å². The summed E-state index contributed by atoms with van der Waals surface area (Å²) in [5.74, 6) is 0.00311. The predicted octanol–water partition coefficient (Wildman–Crippen LogP) is 3.39. The van der Waals surface area contributed by atoms with Crippen LogP contribution in [0.25, 0.3) is 22.2 Å². The standard InChI is InChI=1S/C22H24N4O3S/c27-20-5-1-2-9-25-11-8-15-6-7-16(12-19(15)25)18-14-30-22(23-18)29-13-21(28)26-10-3-4-17(20)24-26/h6-8,11-12,14,17,24H,1-5,9-10,13H2. The van der Waals surface area contributed by atoms with Gasteiger partial charge >= 0.3 is 0 Å². The van der Waals surface area contributed by atoms with Gasteiger partial charge in [-0.1, -0.05) is 23.5 Å². The van der Waals surface area contributed by atoms with Crippen LogP contribution in [0, 0.1) is 0 Å². The first-order chi connectivity index (χ1) is 14.7. The number of hydrogen-bond acceptors (Lipinski definition) is 6. The van der Waals surface area contributed by atoms with E-state index in [1.54, 1.807) is 0 Å². The van der Waals surface area contributed by atoms with Crippen molar-refractivity contribution in [2.45, 2.75) is 44.7 Å². The van der Waals surface area contributed by atoms with E-state index >= 15 is 0 Å². The Kier molecular flexibility index (Phi) is 5.26. The molecule has 1 N–H and O–H groups in total. The number of nitrogens with one attached hydrogen (secondary N) is 1. The van der Waals surface area contributed by atoms with Crippen LogP contribution in [0.2, 0.25) is 0 Å². The maximum Gasteiger partial charge on any atom is 0.274 e. The van der Waals surface area contributed by atoms with E-state index in [0.29, 0.717) is 18.2 Å². The average molecular weight is 425 g/mol. The topological polar surface area (TPSA) is 76.5 Å². The maximum atomic E-state index is 12.6. The van der Waals surface area contributed by atoms with Crippen molar-refractivity contribution in [3.8, 4) is 16.5 Å². The number of benzene rings is 1. The molecular formula is C22H24N4O3S. The van der Waals surface area contributed by atoms with Gasteiger partial charge in [-0.25, -0.2) is 10.4 Å². The summed E-state index contributed by atoms with van der Waals surface area (Å²) >= 11 is 1.38. The van der Waals surface area contributed by atoms with E-state index in [1.807, 2.05) is 5.38 Å². The number of aromatic nitrogens is 2. The van der Waals surface area contributed by atoms with E-state index in [-0.39, 0.29) is 24.3 Å². The SMILES string of the molecule is O=C1CCCCn2ccc3ccc(cc32)-c2csc(n2)OCC(=O)N2CCCC1N2. The Morgan fingerprint density at radius 2 is 2.07 bits per heavy atom. The molecule has 1 fully saturated rings. The Bertz CT molecular complexity index is 1090. The summed E-state index contributed by atoms with van der Waals surface area (Å²) in [6, 6.07) is 8.14. The molecular weight excluding hydrogens is 400 g/mol. The number of ether oxygens (including phenoxy) is 1. The molecule has 2 aliphatic heterocycles. The number of rotatable bonds is 0. The highest BCUT2D eigenvalue weighted by Gasteiger charge is 2.27. The number of hydrazine groups is 1. The molecule has 0 spiro atoms. The minimum Gasteiger partial charge on any atom is -0.460 e. The highest BCUT2D eigenvalue weighted by Crippen LogP contribution is 2.29. The fourth-order valence-corrected chi connectivity index (χ4v) is 4.83. The zero-order chi connectivity index (χ0) is 20.5. The minimum atomic E-state index is -0.289. The maximum absolute atomic E-state index is 12.6. The average Bonchev–Trinajstić information content (AvgIpc) is 3.41. The molecule has 1 aromatic carbocycles. The Balaban J connectivity index is 1.44. The van der Waals surface area contributed by atoms with Gasteiger partial charge in [0.15, 0.2) is 12.4 Å². The normalized spacial score (nSPS) is 20.8. The Hall–Kier alpha value is -2.71. The van der Waals surface area contributed by atoms with Gasteiger partial charge in [-0.2, -0.15) is 0 Å². The molecule has 1 unspecified atom stereocenters. The summed E-state index contributed by atoms with van der Waals surface area (Å²) in [7, 11) is 0. The van der Waals surface area contributed by atoms with Crippen molar-refractivity contribution in [1.29, 1.82) is 0 Å². The molecule has 2 aliphatic rings. The largest absolute Gasteiger partial charge is 0.460 e. The summed E-state index contributed by atoms with van der Waals surface area (Å²) < 4.78 is 7.91. The third-order valence-electron chi connectivity index (χ3n) is 5.82. The first-order valence-corrected chi connectivity index (χ1v) is 11.3. The third-order valence-corrected chi connectivity index (χ3v) is 6.57. The van der Waals surface area contributed by atoms with Gasteiger partial charge in [0.25, 0.3) is 11.1 Å². The molecule has 0 aliphatic carbocycles. The lowest BCUT2D eigenvalue weighted by Crippen LogP contribution is -2.56. The van der Waals surface area contributed by atoms with Crippen LogP contribution in [0.1, 0.15) is 32.1 Å². The van der Waals surface area contributed by atoms with Gasteiger partial charge in [-0.15, -0.1) is 0 Å². The highest BCUT2D eigenvalue weighted by molar-refractivity contribution is 7.11. The third kappa shape index (κ3) is 3.85. The smallest absolute Gasteiger partial charge is 0.274 e. The fraction of sp³-hybridized carbons (Fsp3) is 0.409. The minimum absolute atomic E-state index is 0.0945. The summed E-state index contributed by atoms with van der Waals surface area (Å²) in [6.45, 7) is 1.36. The summed E-state index contributed by atoms with van der Waals surface area (Å²) in [5.41, 5.74) is 6.14. The number of thiazole rings is 1. The van der Waals surface area contributed by atoms with Gasteiger partial charge < -0.3 is 9.30 Å². The van der Waals surface area contributed by atoms with Crippen molar-refractivity contribution in [3.63, 3.8) is 0 Å². The van der Waals surface area contributed by atoms with Crippen molar-refractivity contribution in [3.05, 3.63) is 35.8 Å². The zero-order valence-corrected chi connectivity index (χ0v) is 17.5. The molecule has 8 heteroatoms. The Labute approximate surface area is 178 Å². The molecule has 3 aromatic rings. The van der Waals surface area contributed by atoms with Crippen LogP contribution < -0.4 is 10.2 Å². The number of carbonyl (C=O) groups is 2. The number of hydrogen-bond donors (Lipinski definition) is 1. The van der Waals surface area contributed by atoms with Gasteiger partial charge in [0, 0.05) is 42.2 Å². The monoisotopic (exact) mass is 424 g/mol. The Morgan fingerprint density at radius 1 is 1.13 bits per heavy atom. The van der Waals surface area contributed by atoms with Crippen LogP contribution in [0.15, 0.2) is 35.8 Å². The number of aryl methyl sites for hydroxylation is 1. The van der Waals surface area contributed by atoms with Crippen molar-refractivity contribution in [1.82, 2.24) is 20.0 Å². The number of ketones is 1. The molecule has 4 heterocycles. The predicted molar refractivity (Wildman–Crippen MR) is 115 cm³/mol. The van der Waals surface area contributed by atoms with E-state index < -0.39 is 0 Å². The van der Waals surface area contributed by atoms with E-state index in [4.69, 9.17) is 4.74 Å². The molecule has 1 amide bonds. The number of amides is 1. The lowest BCUT2D eigenvalue weighted by atomic mass is 10.0. The van der Waals surface area contributed by atoms with Crippen molar-refractivity contribution >= 4 is 33.9 Å². The summed E-state index contributed by atoms with van der Waals surface area (Å²) in [5, 5.41) is 5.15. The van der Waals surface area contributed by atoms with Crippen LogP contribution in [0.5, 0.6) is 5.19 Å². The molecule has 0 radical (unpaired) electrons. The van der Waals surface area contributed by atoms with E-state index in [2.05, 4.69) is 45.4 Å². The zero-order valence-electron chi connectivity index (χ0n) is 16.7. The highest BCUT2D eigenvalue weighted by atomic mass is 32.1. The van der Waals surface area contributed by atoms with Crippen molar-refractivity contribution < 1.29 is 14.3 Å². The fourth-order valence-electron chi connectivity index (χ4n) is 4.15. The molecule has 1 saturated heterocycles. The number of Topliss-reactive ketones (excluding diaryl/α,β-unsaturated/α-hetero) is 1. The van der Waals surface area contributed by atoms with Gasteiger partial charge in [-0.05, 0) is 43.2 Å². The molecule has 5 rings (SSSR count). The molecule has 2 aromatic heterocycles. The molecule has 7 nitrogen and oxygen atoms in total. The van der Waals surface area contributed by atoms with E-state index in [0.717, 1.165) is 49.0 Å². The second-order valence-corrected chi connectivity index (χ2v) is 8.68. The van der Waals surface area contributed by atoms with Crippen molar-refractivity contribution in [2.24, 2.45) is 0 Å². The van der Waals surface area contributed by atoms with Crippen LogP contribution in [-0.2, 0) is 16.1 Å². The molecule has 0 saturated carbocycles. The summed E-state index contributed by atoms with van der Waals surface area (Å²) in [4.78, 5) is 29.8. The molecule has 1 atom stereocenters. The van der Waals surface area contributed by atoms with Crippen LogP contribution in [0.3, 0.4) is 0 Å². The lowest BCUT2D eigenvalue weighted by Gasteiger charge is -2.33.